The van der Waals surface area contributed by atoms with Crippen LogP contribution in [0.15, 0.2) is 12.7 Å². The first-order chi connectivity index (χ1) is 4.88. The Morgan fingerprint density at radius 1 is 1.70 bits per heavy atom. The van der Waals surface area contributed by atoms with Crippen LogP contribution in [0.25, 0.3) is 0 Å². The van der Waals surface area contributed by atoms with Crippen molar-refractivity contribution in [3.63, 3.8) is 0 Å². The van der Waals surface area contributed by atoms with Crippen LogP contribution in [-0.4, -0.2) is 26.2 Å². The van der Waals surface area contributed by atoms with Gasteiger partial charge in [0.2, 0.25) is 0 Å². The highest BCUT2D eigenvalue weighted by Crippen LogP contribution is 2.10. The molecule has 0 saturated carbocycles. The van der Waals surface area contributed by atoms with Gasteiger partial charge in [0.25, 0.3) is 0 Å². The third kappa shape index (κ3) is 1.58. The van der Waals surface area contributed by atoms with Crippen molar-refractivity contribution < 1.29 is 0 Å². The third-order valence-corrected chi connectivity index (χ3v) is 2.20. The Labute approximate surface area is 62.7 Å². The van der Waals surface area contributed by atoms with Gasteiger partial charge in [-0.2, -0.15) is 0 Å². The summed E-state index contributed by atoms with van der Waals surface area (Å²) in [4.78, 5) is 0. The average molecular weight is 140 g/mol. The lowest BCUT2D eigenvalue weighted by molar-refractivity contribution is 0.339. The fourth-order valence-electron chi connectivity index (χ4n) is 1.49. The van der Waals surface area contributed by atoms with E-state index in [9.17, 15) is 0 Å². The summed E-state index contributed by atoms with van der Waals surface area (Å²) in [6, 6.07) is 0.638. The van der Waals surface area contributed by atoms with Crippen LogP contribution in [0.2, 0.25) is 0 Å². The molecule has 2 unspecified atom stereocenters. The summed E-state index contributed by atoms with van der Waals surface area (Å²) in [6.45, 7) is 6.02. The summed E-state index contributed by atoms with van der Waals surface area (Å²) < 4.78 is 0. The van der Waals surface area contributed by atoms with Crippen molar-refractivity contribution in [2.24, 2.45) is 5.92 Å². The molecule has 1 aliphatic rings. The predicted molar refractivity (Wildman–Crippen MR) is 44.0 cm³/mol. The van der Waals surface area contributed by atoms with Crippen LogP contribution >= 0.6 is 0 Å². The normalized spacial score (nSPS) is 33.7. The van der Waals surface area contributed by atoms with Gasteiger partial charge in [-0.1, -0.05) is 6.08 Å². The largest absolute Gasteiger partial charge is 0.316 e. The lowest BCUT2D eigenvalue weighted by atomic mass is 9.94. The topological polar surface area (TPSA) is 24.1 Å². The second-order valence-electron chi connectivity index (χ2n) is 2.79. The van der Waals surface area contributed by atoms with E-state index in [1.807, 2.05) is 13.1 Å². The molecular formula is C8H16N2. The predicted octanol–water partition coefficient (Wildman–Crippen LogP) is 0.370. The number of nitrogens with one attached hydrogen (secondary N) is 2. The van der Waals surface area contributed by atoms with Gasteiger partial charge < -0.3 is 10.6 Å². The molecule has 0 radical (unpaired) electrons. The standard InChI is InChI=1S/C8H16N2/c1-3-7-6-10-5-4-8(7)9-2/h3,7-10H,1,4-6H2,2H3. The zero-order valence-corrected chi connectivity index (χ0v) is 6.56. The minimum Gasteiger partial charge on any atom is -0.316 e. The molecular weight excluding hydrogens is 124 g/mol. The molecule has 58 valence electrons. The molecule has 0 amide bonds. The van der Waals surface area contributed by atoms with Crippen molar-refractivity contribution in [2.45, 2.75) is 12.5 Å². The first kappa shape index (κ1) is 7.76. The minimum absolute atomic E-state index is 0.610. The summed E-state index contributed by atoms with van der Waals surface area (Å²) in [5.41, 5.74) is 0. The van der Waals surface area contributed by atoms with E-state index in [1.165, 1.54) is 6.42 Å². The molecule has 2 N–H and O–H groups in total. The monoisotopic (exact) mass is 140 g/mol. The summed E-state index contributed by atoms with van der Waals surface area (Å²) in [6.07, 6.45) is 3.25. The molecule has 2 nitrogen and oxygen atoms in total. The molecule has 1 aliphatic heterocycles. The molecule has 1 heterocycles. The molecule has 1 rings (SSSR count). The molecule has 2 atom stereocenters. The molecule has 0 spiro atoms. The smallest absolute Gasteiger partial charge is 0.0151 e. The van der Waals surface area contributed by atoms with Crippen molar-refractivity contribution in [3.05, 3.63) is 12.7 Å². The summed E-state index contributed by atoms with van der Waals surface area (Å²) >= 11 is 0. The molecule has 0 bridgehead atoms. The molecule has 0 aliphatic carbocycles. The number of hydrogen-bond donors (Lipinski definition) is 2. The highest BCUT2D eigenvalue weighted by molar-refractivity contribution is 4.92. The van der Waals surface area contributed by atoms with Crippen LogP contribution in [0.3, 0.4) is 0 Å². The van der Waals surface area contributed by atoms with Crippen molar-refractivity contribution in [3.8, 4) is 0 Å². The van der Waals surface area contributed by atoms with Crippen LogP contribution in [-0.2, 0) is 0 Å². The maximum Gasteiger partial charge on any atom is 0.0151 e. The number of rotatable bonds is 2. The van der Waals surface area contributed by atoms with E-state index in [0.29, 0.717) is 12.0 Å². The maximum absolute atomic E-state index is 3.80. The molecule has 2 heteroatoms. The maximum atomic E-state index is 3.80. The van der Waals surface area contributed by atoms with E-state index in [1.54, 1.807) is 0 Å². The molecule has 10 heavy (non-hydrogen) atoms. The van der Waals surface area contributed by atoms with E-state index < -0.39 is 0 Å². The summed E-state index contributed by atoms with van der Waals surface area (Å²) in [5, 5.41) is 6.63. The Balaban J connectivity index is 2.41. The molecule has 0 aromatic carbocycles. The number of piperidine rings is 1. The van der Waals surface area contributed by atoms with Gasteiger partial charge in [-0.05, 0) is 20.0 Å². The van der Waals surface area contributed by atoms with Crippen LogP contribution in [0.4, 0.5) is 0 Å². The Hall–Kier alpha value is -0.340. The first-order valence-electron chi connectivity index (χ1n) is 3.89. The van der Waals surface area contributed by atoms with E-state index in [2.05, 4.69) is 17.2 Å². The minimum atomic E-state index is 0.610. The quantitative estimate of drug-likeness (QED) is 0.541. The van der Waals surface area contributed by atoms with Gasteiger partial charge in [0.1, 0.15) is 0 Å². The molecule has 0 aromatic heterocycles. The van der Waals surface area contributed by atoms with Crippen LogP contribution in [0.1, 0.15) is 6.42 Å². The van der Waals surface area contributed by atoms with Gasteiger partial charge in [0.05, 0.1) is 0 Å². The lowest BCUT2D eigenvalue weighted by Crippen LogP contribution is -2.45. The Morgan fingerprint density at radius 3 is 3.00 bits per heavy atom. The van der Waals surface area contributed by atoms with Gasteiger partial charge in [-0.3, -0.25) is 0 Å². The van der Waals surface area contributed by atoms with Gasteiger partial charge in [0, 0.05) is 18.5 Å². The highest BCUT2D eigenvalue weighted by atomic mass is 15.0. The van der Waals surface area contributed by atoms with Crippen molar-refractivity contribution in [1.29, 1.82) is 0 Å². The zero-order valence-electron chi connectivity index (χ0n) is 6.56. The van der Waals surface area contributed by atoms with Gasteiger partial charge >= 0.3 is 0 Å². The molecule has 0 aromatic rings. The summed E-state index contributed by atoms with van der Waals surface area (Å²) in [5.74, 6) is 0.610. The van der Waals surface area contributed by atoms with Crippen LogP contribution < -0.4 is 10.6 Å². The average Bonchev–Trinajstić information content (AvgIpc) is 2.04. The van der Waals surface area contributed by atoms with E-state index in [0.717, 1.165) is 13.1 Å². The Morgan fingerprint density at radius 2 is 2.50 bits per heavy atom. The van der Waals surface area contributed by atoms with Gasteiger partial charge in [-0.25, -0.2) is 0 Å². The van der Waals surface area contributed by atoms with E-state index in [-0.39, 0.29) is 0 Å². The van der Waals surface area contributed by atoms with Crippen molar-refractivity contribution in [2.75, 3.05) is 20.1 Å². The second-order valence-corrected chi connectivity index (χ2v) is 2.79. The van der Waals surface area contributed by atoms with E-state index in [4.69, 9.17) is 0 Å². The van der Waals surface area contributed by atoms with Crippen LogP contribution in [0.5, 0.6) is 0 Å². The SMILES string of the molecule is C=CC1CNCCC1NC. The van der Waals surface area contributed by atoms with Crippen molar-refractivity contribution >= 4 is 0 Å². The Bertz CT molecular complexity index is 112. The second kappa shape index (κ2) is 3.74. The highest BCUT2D eigenvalue weighted by Gasteiger charge is 2.19. The fourth-order valence-corrected chi connectivity index (χ4v) is 1.49. The van der Waals surface area contributed by atoms with E-state index >= 15 is 0 Å². The number of hydrogen-bond acceptors (Lipinski definition) is 2. The Kier molecular flexibility index (Phi) is 2.90. The third-order valence-electron chi connectivity index (χ3n) is 2.20. The van der Waals surface area contributed by atoms with Gasteiger partial charge in [0.15, 0.2) is 0 Å². The van der Waals surface area contributed by atoms with Crippen LogP contribution in [0, 0.1) is 5.92 Å². The van der Waals surface area contributed by atoms with Crippen molar-refractivity contribution in [1.82, 2.24) is 10.6 Å². The van der Waals surface area contributed by atoms with Gasteiger partial charge in [-0.15, -0.1) is 6.58 Å². The molecule has 1 fully saturated rings. The lowest BCUT2D eigenvalue weighted by Gasteiger charge is -2.29. The fraction of sp³-hybridized carbons (Fsp3) is 0.750. The summed E-state index contributed by atoms with van der Waals surface area (Å²) in [7, 11) is 2.02. The zero-order chi connectivity index (χ0) is 7.40. The first-order valence-corrected chi connectivity index (χ1v) is 3.89. The molecule has 1 saturated heterocycles.